The van der Waals surface area contributed by atoms with Crippen LogP contribution in [-0.4, -0.2) is 7.05 Å². The van der Waals surface area contributed by atoms with Crippen LogP contribution in [-0.2, 0) is 0 Å². The molecule has 0 bridgehead atoms. The number of hydrogen-bond acceptors (Lipinski definition) is 1. The quantitative estimate of drug-likeness (QED) is 0.734. The topological polar surface area (TPSA) is 12.0 Å². The normalized spacial score (nSPS) is 12.8. The molecular weight excluding hydrogens is 225 g/mol. The monoisotopic (exact) mass is 243 g/mol. The predicted octanol–water partition coefficient (Wildman–Crippen LogP) is 4.32. The molecule has 1 nitrogen and oxygen atoms in total. The average Bonchev–Trinajstić information content (AvgIpc) is 2.29. The van der Waals surface area contributed by atoms with Crippen LogP contribution in [0.3, 0.4) is 0 Å². The summed E-state index contributed by atoms with van der Waals surface area (Å²) < 4.78 is 13.0. The van der Waals surface area contributed by atoms with Gasteiger partial charge in [-0.1, -0.05) is 43.9 Å². The van der Waals surface area contributed by atoms with E-state index >= 15 is 0 Å². The van der Waals surface area contributed by atoms with Crippen molar-refractivity contribution in [1.82, 2.24) is 5.32 Å². The molecule has 1 unspecified atom stereocenters. The maximum Gasteiger partial charge on any atom is 0.141 e. The minimum Gasteiger partial charge on any atom is -0.313 e. The first-order valence-electron chi connectivity index (χ1n) is 5.81. The van der Waals surface area contributed by atoms with Gasteiger partial charge < -0.3 is 5.32 Å². The third-order valence-corrected chi connectivity index (χ3v) is 3.08. The van der Waals surface area contributed by atoms with E-state index in [9.17, 15) is 4.39 Å². The average molecular weight is 244 g/mol. The van der Waals surface area contributed by atoms with E-state index in [1.54, 1.807) is 12.1 Å². The Morgan fingerprint density at radius 1 is 1.38 bits per heavy atom. The van der Waals surface area contributed by atoms with Gasteiger partial charge in [-0.25, -0.2) is 4.39 Å². The van der Waals surface area contributed by atoms with Crippen LogP contribution in [0.4, 0.5) is 4.39 Å². The molecule has 1 aromatic rings. The minimum absolute atomic E-state index is 0.202. The summed E-state index contributed by atoms with van der Waals surface area (Å²) in [4.78, 5) is 0. The van der Waals surface area contributed by atoms with Crippen LogP contribution < -0.4 is 5.32 Å². The molecule has 1 atom stereocenters. The highest BCUT2D eigenvalue weighted by Gasteiger charge is 2.10. The van der Waals surface area contributed by atoms with Crippen LogP contribution in [0.1, 0.15) is 44.2 Å². The molecule has 0 fully saturated rings. The molecule has 0 radical (unpaired) electrons. The zero-order chi connectivity index (χ0) is 12.0. The molecule has 0 aliphatic carbocycles. The molecule has 90 valence electrons. The molecule has 0 saturated heterocycles. The van der Waals surface area contributed by atoms with Crippen LogP contribution in [0, 0.1) is 5.82 Å². The maximum absolute atomic E-state index is 13.0. The Kier molecular flexibility index (Phi) is 5.78. The SMILES string of the molecule is CCCCCC(NC)c1ccc(F)c(Cl)c1. The summed E-state index contributed by atoms with van der Waals surface area (Å²) in [6, 6.07) is 5.21. The van der Waals surface area contributed by atoms with Gasteiger partial charge in [-0.3, -0.25) is 0 Å². The molecule has 0 aliphatic heterocycles. The molecule has 0 spiro atoms. The summed E-state index contributed by atoms with van der Waals surface area (Å²) in [5, 5.41) is 3.44. The van der Waals surface area contributed by atoms with E-state index < -0.39 is 0 Å². The second-order valence-electron chi connectivity index (χ2n) is 4.01. The summed E-state index contributed by atoms with van der Waals surface area (Å²) in [5.74, 6) is -0.353. The van der Waals surface area contributed by atoms with Gasteiger partial charge in [0.2, 0.25) is 0 Å². The number of hydrogen-bond donors (Lipinski definition) is 1. The van der Waals surface area contributed by atoms with Gasteiger partial charge in [-0.2, -0.15) is 0 Å². The van der Waals surface area contributed by atoms with Gasteiger partial charge in [0.15, 0.2) is 0 Å². The third kappa shape index (κ3) is 3.76. The molecule has 0 aliphatic rings. The molecule has 0 heterocycles. The van der Waals surface area contributed by atoms with E-state index in [-0.39, 0.29) is 16.9 Å². The molecule has 0 saturated carbocycles. The van der Waals surface area contributed by atoms with Gasteiger partial charge in [-0.15, -0.1) is 0 Å². The standard InChI is InChI=1S/C13H19ClFN/c1-3-4-5-6-13(16-2)10-7-8-12(15)11(14)9-10/h7-9,13,16H,3-6H2,1-2H3. The van der Waals surface area contributed by atoms with E-state index in [2.05, 4.69) is 12.2 Å². The van der Waals surface area contributed by atoms with Crippen molar-refractivity contribution in [2.75, 3.05) is 7.05 Å². The van der Waals surface area contributed by atoms with E-state index in [0.29, 0.717) is 0 Å². The lowest BCUT2D eigenvalue weighted by atomic mass is 10.0. The van der Waals surface area contributed by atoms with Gasteiger partial charge in [0, 0.05) is 6.04 Å². The van der Waals surface area contributed by atoms with Gasteiger partial charge >= 0.3 is 0 Å². The maximum atomic E-state index is 13.0. The smallest absolute Gasteiger partial charge is 0.141 e. The molecule has 0 amide bonds. The van der Waals surface area contributed by atoms with Crippen molar-refractivity contribution in [1.29, 1.82) is 0 Å². The van der Waals surface area contributed by atoms with Crippen molar-refractivity contribution in [3.05, 3.63) is 34.6 Å². The van der Waals surface area contributed by atoms with Gasteiger partial charge in [0.05, 0.1) is 5.02 Å². The predicted molar refractivity (Wildman–Crippen MR) is 67.4 cm³/mol. The molecule has 0 aromatic heterocycles. The second kappa shape index (κ2) is 6.87. The lowest BCUT2D eigenvalue weighted by Gasteiger charge is -2.16. The highest BCUT2D eigenvalue weighted by atomic mass is 35.5. The summed E-state index contributed by atoms with van der Waals surface area (Å²) in [6.07, 6.45) is 4.68. The Labute approximate surface area is 102 Å². The number of unbranched alkanes of at least 4 members (excludes halogenated alkanes) is 2. The highest BCUT2D eigenvalue weighted by molar-refractivity contribution is 6.30. The van der Waals surface area contributed by atoms with Crippen LogP contribution in [0.15, 0.2) is 18.2 Å². The number of benzene rings is 1. The lowest BCUT2D eigenvalue weighted by molar-refractivity contribution is 0.510. The summed E-state index contributed by atoms with van der Waals surface area (Å²) in [7, 11) is 1.92. The molecule has 3 heteroatoms. The fourth-order valence-corrected chi connectivity index (χ4v) is 1.99. The van der Waals surface area contributed by atoms with Crippen LogP contribution in [0.2, 0.25) is 5.02 Å². The fourth-order valence-electron chi connectivity index (χ4n) is 1.81. The Morgan fingerprint density at radius 3 is 2.69 bits per heavy atom. The molecule has 16 heavy (non-hydrogen) atoms. The number of nitrogens with one attached hydrogen (secondary N) is 1. The van der Waals surface area contributed by atoms with Crippen molar-refractivity contribution in [3.8, 4) is 0 Å². The van der Waals surface area contributed by atoms with Gasteiger partial charge in [0.1, 0.15) is 5.82 Å². The number of halogens is 2. The van der Waals surface area contributed by atoms with Crippen molar-refractivity contribution in [2.45, 2.75) is 38.6 Å². The molecular formula is C13H19ClFN. The van der Waals surface area contributed by atoms with E-state index in [4.69, 9.17) is 11.6 Å². The zero-order valence-electron chi connectivity index (χ0n) is 9.89. The summed E-state index contributed by atoms with van der Waals surface area (Å²) in [5.41, 5.74) is 1.06. The fraction of sp³-hybridized carbons (Fsp3) is 0.538. The largest absolute Gasteiger partial charge is 0.313 e. The first kappa shape index (κ1) is 13.5. The molecule has 1 rings (SSSR count). The Hall–Kier alpha value is -0.600. The lowest BCUT2D eigenvalue weighted by Crippen LogP contribution is -2.16. The van der Waals surface area contributed by atoms with Crippen molar-refractivity contribution in [3.63, 3.8) is 0 Å². The molecule has 1 N–H and O–H groups in total. The summed E-state index contributed by atoms with van der Waals surface area (Å²) in [6.45, 7) is 2.18. The zero-order valence-corrected chi connectivity index (χ0v) is 10.6. The van der Waals surface area contributed by atoms with E-state index in [0.717, 1.165) is 12.0 Å². The highest BCUT2D eigenvalue weighted by Crippen LogP contribution is 2.24. The van der Waals surface area contributed by atoms with Crippen molar-refractivity contribution in [2.24, 2.45) is 0 Å². The first-order valence-corrected chi connectivity index (χ1v) is 6.19. The number of rotatable bonds is 6. The van der Waals surface area contributed by atoms with Crippen LogP contribution in [0.5, 0.6) is 0 Å². The van der Waals surface area contributed by atoms with E-state index in [1.165, 1.54) is 25.3 Å². The van der Waals surface area contributed by atoms with Crippen molar-refractivity contribution >= 4 is 11.6 Å². The summed E-state index contributed by atoms with van der Waals surface area (Å²) >= 11 is 5.77. The third-order valence-electron chi connectivity index (χ3n) is 2.79. The first-order chi connectivity index (χ1) is 7.69. The Bertz CT molecular complexity index is 328. The van der Waals surface area contributed by atoms with Crippen LogP contribution >= 0.6 is 11.6 Å². The minimum atomic E-state index is -0.353. The van der Waals surface area contributed by atoms with Gasteiger partial charge in [0.25, 0.3) is 0 Å². The molecule has 1 aromatic carbocycles. The Balaban J connectivity index is 2.67. The Morgan fingerprint density at radius 2 is 2.12 bits per heavy atom. The van der Waals surface area contributed by atoms with Crippen LogP contribution in [0.25, 0.3) is 0 Å². The second-order valence-corrected chi connectivity index (χ2v) is 4.42. The van der Waals surface area contributed by atoms with E-state index in [1.807, 2.05) is 7.05 Å². The van der Waals surface area contributed by atoms with Crippen molar-refractivity contribution < 1.29 is 4.39 Å². The van der Waals surface area contributed by atoms with Gasteiger partial charge in [-0.05, 0) is 31.2 Å².